The summed E-state index contributed by atoms with van der Waals surface area (Å²) in [6.45, 7) is 18.3. The van der Waals surface area contributed by atoms with Gasteiger partial charge in [0.15, 0.2) is 0 Å². The first-order valence-electron chi connectivity index (χ1n) is 26.7. The number of benzene rings is 1. The van der Waals surface area contributed by atoms with Gasteiger partial charge in [0, 0.05) is 73.3 Å². The van der Waals surface area contributed by atoms with Crippen molar-refractivity contribution in [1.82, 2.24) is 36.0 Å². The van der Waals surface area contributed by atoms with Crippen molar-refractivity contribution in [3.63, 3.8) is 0 Å². The lowest BCUT2D eigenvalue weighted by Crippen LogP contribution is -2.60. The molecule has 6 N–H and O–H groups in total. The van der Waals surface area contributed by atoms with Crippen LogP contribution in [0.5, 0.6) is 0 Å². The molecule has 1 aromatic rings. The standard InChI is InChI=1S/C54H94N8O12/c1-14-37(6)48(43(70-11)24-29-62-28-19-22-42(62)49(71-12)38(7)50(65)58-41(54(69)72-13)34-40-20-16-15-17-21-40)61(10)53(68)46(35(2)3)59-52(67)47(36(4)5)60(9)45(64)23-18-27-56-51(66)39(8)57-44(63)25-30-73-32-33-74-31-26-55/h15-17,20-21,35-39,41-43,46-49H,14,18-19,22-34,55H2,1-13H3,(H,56,66)(H,57,63)(H,58,65)(H,59,67)/t37?,38?,39?,41?,42-,43?,46?,47?,48?,49?/m0/s1. The Balaban J connectivity index is 2.08. The summed E-state index contributed by atoms with van der Waals surface area (Å²) < 4.78 is 27.9. The highest BCUT2D eigenvalue weighted by Crippen LogP contribution is 2.29. The van der Waals surface area contributed by atoms with Gasteiger partial charge in [0.2, 0.25) is 35.4 Å². The second-order valence-electron chi connectivity index (χ2n) is 20.3. The third-order valence-electron chi connectivity index (χ3n) is 14.1. The van der Waals surface area contributed by atoms with E-state index in [1.54, 1.807) is 40.1 Å². The summed E-state index contributed by atoms with van der Waals surface area (Å²) in [6.07, 6.45) is 2.91. The van der Waals surface area contributed by atoms with Crippen LogP contribution in [0.1, 0.15) is 106 Å². The van der Waals surface area contributed by atoms with E-state index < -0.39 is 54.0 Å². The number of hydrogen-bond donors (Lipinski definition) is 5. The number of carbonyl (C=O) groups excluding carboxylic acids is 7. The third kappa shape index (κ3) is 21.1. The SMILES string of the molecule is CCC(C)C(C(CCN1CCC[C@H]1C(OC)C(C)C(=O)NC(Cc1ccccc1)C(=O)OC)OC)N(C)C(=O)C(NC(=O)C(C(C)C)N(C)C(=O)CCCNC(=O)C(C)NC(=O)CCOCCOCCN)C(C)C. The van der Waals surface area contributed by atoms with Crippen molar-refractivity contribution in [2.75, 3.05) is 88.0 Å². The second kappa shape index (κ2) is 34.8. The van der Waals surface area contributed by atoms with Crippen LogP contribution < -0.4 is 27.0 Å². The third-order valence-corrected chi connectivity index (χ3v) is 14.1. The van der Waals surface area contributed by atoms with Crippen LogP contribution in [0.15, 0.2) is 30.3 Å². The number of rotatable bonds is 36. The normalized spacial score (nSPS) is 17.5. The number of ether oxygens (including phenoxy) is 5. The molecule has 1 aliphatic heterocycles. The predicted octanol–water partition coefficient (Wildman–Crippen LogP) is 2.69. The number of hydrogen-bond acceptors (Lipinski definition) is 14. The lowest BCUT2D eigenvalue weighted by atomic mass is 9.89. The van der Waals surface area contributed by atoms with Gasteiger partial charge >= 0.3 is 5.97 Å². The first-order valence-corrected chi connectivity index (χ1v) is 26.7. The van der Waals surface area contributed by atoms with Crippen molar-refractivity contribution in [3.05, 3.63) is 35.9 Å². The molecule has 1 heterocycles. The molecular weight excluding hydrogens is 953 g/mol. The van der Waals surface area contributed by atoms with E-state index in [9.17, 15) is 33.6 Å². The summed E-state index contributed by atoms with van der Waals surface area (Å²) in [6, 6.07) is 5.56. The van der Waals surface area contributed by atoms with Crippen molar-refractivity contribution in [2.45, 2.75) is 155 Å². The fraction of sp³-hybridized carbons (Fsp3) is 0.759. The molecule has 1 aliphatic rings. The number of methoxy groups -OCH3 is 3. The van der Waals surface area contributed by atoms with Crippen LogP contribution in [0.3, 0.4) is 0 Å². The average Bonchev–Trinajstić information content (AvgIpc) is 3.84. The Hall–Kier alpha value is -4.73. The number of likely N-dealkylation sites (tertiary alicyclic amines) is 1. The second-order valence-corrected chi connectivity index (χ2v) is 20.3. The van der Waals surface area contributed by atoms with Crippen LogP contribution in [0, 0.1) is 23.7 Å². The average molecular weight is 1050 g/mol. The highest BCUT2D eigenvalue weighted by atomic mass is 16.5. The number of esters is 1. The molecule has 422 valence electrons. The topological polar surface area (TPSA) is 249 Å². The fourth-order valence-corrected chi connectivity index (χ4v) is 9.72. The molecule has 1 fully saturated rings. The zero-order chi connectivity index (χ0) is 55.5. The monoisotopic (exact) mass is 1050 g/mol. The minimum absolute atomic E-state index is 0.0166. The molecule has 0 bridgehead atoms. The maximum Gasteiger partial charge on any atom is 0.328 e. The van der Waals surface area contributed by atoms with Crippen molar-refractivity contribution >= 4 is 41.4 Å². The van der Waals surface area contributed by atoms with E-state index in [0.717, 1.165) is 31.4 Å². The molecule has 0 aromatic heterocycles. The van der Waals surface area contributed by atoms with Crippen LogP contribution in [0.2, 0.25) is 0 Å². The Morgan fingerprint density at radius 3 is 2.03 bits per heavy atom. The molecule has 0 saturated carbocycles. The Bertz CT molecular complexity index is 1860. The molecule has 0 spiro atoms. The Morgan fingerprint density at radius 1 is 0.784 bits per heavy atom. The van der Waals surface area contributed by atoms with E-state index in [1.807, 2.05) is 65.0 Å². The minimum Gasteiger partial charge on any atom is -0.467 e. The van der Waals surface area contributed by atoms with Gasteiger partial charge in [-0.3, -0.25) is 33.7 Å². The predicted molar refractivity (Wildman–Crippen MR) is 283 cm³/mol. The molecule has 1 saturated heterocycles. The highest BCUT2D eigenvalue weighted by Gasteiger charge is 2.42. The molecule has 2 rings (SSSR count). The number of likely N-dealkylation sites (N-methyl/N-ethyl adjacent to an activating group) is 2. The zero-order valence-electron chi connectivity index (χ0n) is 46.9. The van der Waals surface area contributed by atoms with Crippen LogP contribution in [-0.4, -0.2) is 193 Å². The lowest BCUT2D eigenvalue weighted by Gasteiger charge is -2.41. The van der Waals surface area contributed by atoms with Gasteiger partial charge < -0.3 is 60.5 Å². The van der Waals surface area contributed by atoms with Crippen molar-refractivity contribution in [1.29, 1.82) is 0 Å². The van der Waals surface area contributed by atoms with E-state index >= 15 is 0 Å². The zero-order valence-corrected chi connectivity index (χ0v) is 46.9. The van der Waals surface area contributed by atoms with Gasteiger partial charge in [0.25, 0.3) is 0 Å². The van der Waals surface area contributed by atoms with E-state index in [1.165, 1.54) is 12.0 Å². The summed E-state index contributed by atoms with van der Waals surface area (Å²) in [5.41, 5.74) is 6.27. The summed E-state index contributed by atoms with van der Waals surface area (Å²) in [5, 5.41) is 11.3. The Morgan fingerprint density at radius 2 is 1.45 bits per heavy atom. The molecule has 20 nitrogen and oxygen atoms in total. The summed E-state index contributed by atoms with van der Waals surface area (Å²) >= 11 is 0. The molecule has 74 heavy (non-hydrogen) atoms. The van der Waals surface area contributed by atoms with E-state index in [-0.39, 0.29) is 92.0 Å². The summed E-state index contributed by atoms with van der Waals surface area (Å²) in [4.78, 5) is 99.4. The van der Waals surface area contributed by atoms with Gasteiger partial charge in [-0.25, -0.2) is 4.79 Å². The van der Waals surface area contributed by atoms with Gasteiger partial charge in [-0.2, -0.15) is 0 Å². The number of amides is 6. The maximum absolute atomic E-state index is 14.7. The number of nitrogens with one attached hydrogen (secondary N) is 4. The Kier molecular flexibility index (Phi) is 30.7. The largest absolute Gasteiger partial charge is 0.467 e. The first-order chi connectivity index (χ1) is 35.2. The number of nitrogens with two attached hydrogens (primary N) is 1. The van der Waals surface area contributed by atoms with Gasteiger partial charge in [0.05, 0.1) is 57.7 Å². The number of carbonyl (C=O) groups is 7. The van der Waals surface area contributed by atoms with E-state index in [0.29, 0.717) is 45.8 Å². The molecule has 1 aromatic carbocycles. The molecule has 20 heteroatoms. The van der Waals surface area contributed by atoms with Crippen LogP contribution in [0.4, 0.5) is 0 Å². The molecule has 0 aliphatic carbocycles. The van der Waals surface area contributed by atoms with Gasteiger partial charge in [-0.15, -0.1) is 0 Å². The van der Waals surface area contributed by atoms with Crippen LogP contribution in [0.25, 0.3) is 0 Å². The highest BCUT2D eigenvalue weighted by molar-refractivity contribution is 5.92. The van der Waals surface area contributed by atoms with Gasteiger partial charge in [-0.05, 0) is 62.5 Å². The van der Waals surface area contributed by atoms with Crippen LogP contribution in [-0.2, 0) is 63.7 Å². The number of nitrogens with zero attached hydrogens (tertiary/aromatic N) is 3. The Labute approximate surface area is 441 Å². The van der Waals surface area contributed by atoms with E-state index in [2.05, 4.69) is 40.0 Å². The molecule has 0 radical (unpaired) electrons. The molecular formula is C54H94N8O12. The van der Waals surface area contributed by atoms with E-state index in [4.69, 9.17) is 29.4 Å². The van der Waals surface area contributed by atoms with Gasteiger partial charge in [0.1, 0.15) is 24.2 Å². The van der Waals surface area contributed by atoms with Crippen molar-refractivity contribution in [3.8, 4) is 0 Å². The molecule has 6 amide bonds. The van der Waals surface area contributed by atoms with Gasteiger partial charge in [-0.1, -0.05) is 85.2 Å². The quantitative estimate of drug-likeness (QED) is 0.0479. The molecule has 10 atom stereocenters. The summed E-state index contributed by atoms with van der Waals surface area (Å²) in [7, 11) is 7.89. The van der Waals surface area contributed by atoms with Crippen molar-refractivity contribution in [2.24, 2.45) is 29.4 Å². The molecule has 9 unspecified atom stereocenters. The minimum atomic E-state index is -0.905. The smallest absolute Gasteiger partial charge is 0.328 e. The maximum atomic E-state index is 14.7. The fourth-order valence-electron chi connectivity index (χ4n) is 9.72. The summed E-state index contributed by atoms with van der Waals surface area (Å²) in [5.74, 6) is -3.75. The first kappa shape index (κ1) is 65.4. The van der Waals surface area contributed by atoms with Crippen molar-refractivity contribution < 1.29 is 57.2 Å². The van der Waals surface area contributed by atoms with Crippen LogP contribution >= 0.6 is 0 Å². The lowest BCUT2D eigenvalue weighted by molar-refractivity contribution is -0.146.